The Balaban J connectivity index is 2.76. The second-order valence-corrected chi connectivity index (χ2v) is 5.33. The van der Waals surface area contributed by atoms with Gasteiger partial charge in [0.25, 0.3) is 0 Å². The number of hydrogen-bond acceptors (Lipinski definition) is 3. The minimum atomic E-state index is -0.876. The van der Waals surface area contributed by atoms with Gasteiger partial charge in [0.15, 0.2) is 0 Å². The molecule has 0 radical (unpaired) electrons. The number of fused-ring (bicyclic) bond motifs is 1. The van der Waals surface area contributed by atoms with Crippen molar-refractivity contribution in [2.45, 2.75) is 19.4 Å². The monoisotopic (exact) mass is 271 g/mol. The molecule has 74 valence electrons. The van der Waals surface area contributed by atoms with Crippen molar-refractivity contribution in [3.8, 4) is 0 Å². The van der Waals surface area contributed by atoms with Crippen molar-refractivity contribution in [1.82, 2.24) is 4.37 Å². The molecule has 0 unspecified atom stereocenters. The molecule has 0 amide bonds. The van der Waals surface area contributed by atoms with E-state index < -0.39 is 5.60 Å². The Morgan fingerprint density at radius 2 is 2.14 bits per heavy atom. The Kier molecular flexibility index (Phi) is 2.37. The summed E-state index contributed by atoms with van der Waals surface area (Å²) in [5, 5.41) is 10.9. The molecule has 0 aliphatic heterocycles. The number of nitrogens with zero attached hydrogens (tertiary/aromatic N) is 1. The minimum Gasteiger partial charge on any atom is -0.384 e. The number of halogens is 1. The molecule has 0 saturated heterocycles. The van der Waals surface area contributed by atoms with Crippen LogP contribution < -0.4 is 0 Å². The fourth-order valence-electron chi connectivity index (χ4n) is 1.37. The highest BCUT2D eigenvalue weighted by molar-refractivity contribution is 9.10. The van der Waals surface area contributed by atoms with Crippen LogP contribution in [-0.2, 0) is 5.60 Å². The maximum Gasteiger partial charge on any atom is 0.103 e. The highest BCUT2D eigenvalue weighted by Gasteiger charge is 2.22. The average molecular weight is 272 g/mol. The molecule has 1 N–H and O–H groups in total. The molecule has 2 rings (SSSR count). The van der Waals surface area contributed by atoms with E-state index in [0.717, 1.165) is 20.3 Å². The van der Waals surface area contributed by atoms with E-state index in [1.165, 1.54) is 11.5 Å². The Hall–Kier alpha value is -0.450. The van der Waals surface area contributed by atoms with Crippen LogP contribution in [0.2, 0.25) is 0 Å². The fraction of sp³-hybridized carbons (Fsp3) is 0.300. The van der Waals surface area contributed by atoms with Crippen molar-refractivity contribution >= 4 is 37.5 Å². The summed E-state index contributed by atoms with van der Waals surface area (Å²) in [6.45, 7) is 3.50. The smallest absolute Gasteiger partial charge is 0.103 e. The molecule has 1 aromatic heterocycles. The summed E-state index contributed by atoms with van der Waals surface area (Å²) in [4.78, 5) is 0. The van der Waals surface area contributed by atoms with Crippen LogP contribution in [0.15, 0.2) is 22.7 Å². The van der Waals surface area contributed by atoms with Crippen LogP contribution in [0.5, 0.6) is 0 Å². The van der Waals surface area contributed by atoms with E-state index in [9.17, 15) is 5.11 Å². The molecular weight excluding hydrogens is 262 g/mol. The van der Waals surface area contributed by atoms with Crippen molar-refractivity contribution in [3.63, 3.8) is 0 Å². The van der Waals surface area contributed by atoms with Gasteiger partial charge in [-0.05, 0) is 47.4 Å². The molecular formula is C10H10BrNOS. The maximum atomic E-state index is 9.90. The Morgan fingerprint density at radius 3 is 2.79 bits per heavy atom. The lowest BCUT2D eigenvalue weighted by Gasteiger charge is -2.14. The molecule has 2 nitrogen and oxygen atoms in total. The van der Waals surface area contributed by atoms with Crippen LogP contribution in [0.4, 0.5) is 0 Å². The Bertz CT molecular complexity index is 472. The van der Waals surface area contributed by atoms with Gasteiger partial charge in [0.1, 0.15) is 5.60 Å². The third-order valence-electron chi connectivity index (χ3n) is 2.03. The predicted octanol–water partition coefficient (Wildman–Crippen LogP) is 3.29. The van der Waals surface area contributed by atoms with Crippen LogP contribution in [0.3, 0.4) is 0 Å². The number of hydrogen-bond donors (Lipinski definition) is 1. The minimum absolute atomic E-state index is 0.749. The lowest BCUT2D eigenvalue weighted by Crippen LogP contribution is -2.15. The fourth-order valence-corrected chi connectivity index (χ4v) is 2.88. The number of rotatable bonds is 1. The molecule has 1 aromatic carbocycles. The van der Waals surface area contributed by atoms with Gasteiger partial charge in [0, 0.05) is 9.86 Å². The van der Waals surface area contributed by atoms with E-state index in [-0.39, 0.29) is 0 Å². The van der Waals surface area contributed by atoms with Crippen molar-refractivity contribution in [2.24, 2.45) is 0 Å². The lowest BCUT2D eigenvalue weighted by molar-refractivity contribution is 0.0765. The van der Waals surface area contributed by atoms with Crippen LogP contribution in [0, 0.1) is 0 Å². The molecule has 2 aromatic rings. The summed E-state index contributed by atoms with van der Waals surface area (Å²) in [5.41, 5.74) is -0.127. The van der Waals surface area contributed by atoms with Crippen LogP contribution in [0.25, 0.3) is 10.1 Å². The standard InChI is InChI=1S/C10H10BrNOS/c1-10(2,13)9-6-4-3-5-7(11)8(6)14-12-9/h3-5,13H,1-2H3. The van der Waals surface area contributed by atoms with E-state index in [1.54, 1.807) is 13.8 Å². The molecule has 1 heterocycles. The molecule has 0 atom stereocenters. The first-order valence-electron chi connectivity index (χ1n) is 4.27. The van der Waals surface area contributed by atoms with E-state index in [1.807, 2.05) is 18.2 Å². The summed E-state index contributed by atoms with van der Waals surface area (Å²) in [6.07, 6.45) is 0. The molecule has 0 bridgehead atoms. The van der Waals surface area contributed by atoms with Gasteiger partial charge < -0.3 is 5.11 Å². The second-order valence-electron chi connectivity index (χ2n) is 3.71. The van der Waals surface area contributed by atoms with Crippen LogP contribution >= 0.6 is 27.5 Å². The van der Waals surface area contributed by atoms with Crippen molar-refractivity contribution in [2.75, 3.05) is 0 Å². The van der Waals surface area contributed by atoms with Gasteiger partial charge >= 0.3 is 0 Å². The van der Waals surface area contributed by atoms with Gasteiger partial charge in [0.2, 0.25) is 0 Å². The summed E-state index contributed by atoms with van der Waals surface area (Å²) in [7, 11) is 0. The zero-order chi connectivity index (χ0) is 10.3. The van der Waals surface area contributed by atoms with E-state index in [0.29, 0.717) is 0 Å². The second kappa shape index (κ2) is 3.29. The molecule has 0 saturated carbocycles. The van der Waals surface area contributed by atoms with Crippen molar-refractivity contribution < 1.29 is 5.11 Å². The highest BCUT2D eigenvalue weighted by Crippen LogP contribution is 2.34. The number of benzene rings is 1. The van der Waals surface area contributed by atoms with Crippen molar-refractivity contribution in [3.05, 3.63) is 28.4 Å². The van der Waals surface area contributed by atoms with Gasteiger partial charge in [-0.15, -0.1) is 0 Å². The van der Waals surface area contributed by atoms with E-state index >= 15 is 0 Å². The summed E-state index contributed by atoms with van der Waals surface area (Å²) in [6, 6.07) is 5.92. The summed E-state index contributed by atoms with van der Waals surface area (Å²) < 4.78 is 6.41. The van der Waals surface area contributed by atoms with Gasteiger partial charge in [-0.3, -0.25) is 0 Å². The molecule has 0 fully saturated rings. The van der Waals surface area contributed by atoms with Gasteiger partial charge in [-0.1, -0.05) is 12.1 Å². The quantitative estimate of drug-likeness (QED) is 0.864. The van der Waals surface area contributed by atoms with Gasteiger partial charge in [-0.2, -0.15) is 4.37 Å². The third kappa shape index (κ3) is 1.58. The zero-order valence-corrected chi connectivity index (χ0v) is 10.3. The first kappa shape index (κ1) is 10.1. The Labute approximate surface area is 94.9 Å². The zero-order valence-electron chi connectivity index (χ0n) is 7.91. The topological polar surface area (TPSA) is 33.1 Å². The SMILES string of the molecule is CC(C)(O)c1nsc2c(Br)cccc12. The first-order valence-corrected chi connectivity index (χ1v) is 5.83. The van der Waals surface area contributed by atoms with E-state index in [4.69, 9.17) is 0 Å². The van der Waals surface area contributed by atoms with Crippen molar-refractivity contribution in [1.29, 1.82) is 0 Å². The number of aliphatic hydroxyl groups is 1. The number of aromatic nitrogens is 1. The molecule has 0 aliphatic rings. The largest absolute Gasteiger partial charge is 0.384 e. The molecule has 14 heavy (non-hydrogen) atoms. The normalized spacial score (nSPS) is 12.3. The van der Waals surface area contributed by atoms with Crippen LogP contribution in [0.1, 0.15) is 19.5 Å². The predicted molar refractivity (Wildman–Crippen MR) is 62.6 cm³/mol. The third-order valence-corrected chi connectivity index (χ3v) is 3.85. The summed E-state index contributed by atoms with van der Waals surface area (Å²) in [5.74, 6) is 0. The summed E-state index contributed by atoms with van der Waals surface area (Å²) >= 11 is 4.88. The first-order chi connectivity index (χ1) is 6.50. The van der Waals surface area contributed by atoms with Gasteiger partial charge in [0.05, 0.1) is 10.4 Å². The molecule has 4 heteroatoms. The molecule has 0 aliphatic carbocycles. The average Bonchev–Trinajstić information content (AvgIpc) is 2.47. The van der Waals surface area contributed by atoms with Gasteiger partial charge in [-0.25, -0.2) is 0 Å². The van der Waals surface area contributed by atoms with E-state index in [2.05, 4.69) is 20.3 Å². The Morgan fingerprint density at radius 1 is 1.43 bits per heavy atom. The lowest BCUT2D eigenvalue weighted by atomic mass is 10.0. The maximum absolute atomic E-state index is 9.90. The molecule has 0 spiro atoms. The van der Waals surface area contributed by atoms with Crippen LogP contribution in [-0.4, -0.2) is 9.48 Å². The highest BCUT2D eigenvalue weighted by atomic mass is 79.9.